The van der Waals surface area contributed by atoms with Gasteiger partial charge in [0.1, 0.15) is 5.82 Å². The van der Waals surface area contributed by atoms with Crippen LogP contribution in [0.5, 0.6) is 0 Å². The summed E-state index contributed by atoms with van der Waals surface area (Å²) < 4.78 is 0. The molecule has 0 atom stereocenters. The quantitative estimate of drug-likeness (QED) is 0.422. The van der Waals surface area contributed by atoms with Gasteiger partial charge < -0.3 is 16.8 Å². The highest BCUT2D eigenvalue weighted by Crippen LogP contribution is 1.97. The minimum Gasteiger partial charge on any atom is -0.382 e. The lowest BCUT2D eigenvalue weighted by Crippen LogP contribution is -2.26. The second-order valence-electron chi connectivity index (χ2n) is 2.48. The SMILES string of the molecule is C=C/C(NC(=O)CCN)=C(/N)N=CC. The molecule has 0 aromatic rings. The molecule has 5 nitrogen and oxygen atoms in total. The van der Waals surface area contributed by atoms with E-state index in [1.54, 1.807) is 6.92 Å². The van der Waals surface area contributed by atoms with E-state index in [2.05, 4.69) is 16.9 Å². The predicted octanol–water partition coefficient (Wildman–Crippen LogP) is -0.144. The summed E-state index contributed by atoms with van der Waals surface area (Å²) in [7, 11) is 0. The summed E-state index contributed by atoms with van der Waals surface area (Å²) in [5.41, 5.74) is 11.2. The highest BCUT2D eigenvalue weighted by atomic mass is 16.1. The van der Waals surface area contributed by atoms with Crippen LogP contribution >= 0.6 is 0 Å². The molecule has 0 aromatic carbocycles. The maximum atomic E-state index is 11.1. The van der Waals surface area contributed by atoms with Crippen LogP contribution < -0.4 is 16.8 Å². The highest BCUT2D eigenvalue weighted by molar-refractivity contribution is 5.78. The molecule has 14 heavy (non-hydrogen) atoms. The van der Waals surface area contributed by atoms with E-state index in [0.29, 0.717) is 12.2 Å². The van der Waals surface area contributed by atoms with Crippen LogP contribution in [0, 0.1) is 0 Å². The van der Waals surface area contributed by atoms with Gasteiger partial charge in [0.2, 0.25) is 5.91 Å². The van der Waals surface area contributed by atoms with E-state index < -0.39 is 0 Å². The number of allylic oxidation sites excluding steroid dienone is 1. The van der Waals surface area contributed by atoms with Crippen molar-refractivity contribution in [2.75, 3.05) is 6.54 Å². The fraction of sp³-hybridized carbons (Fsp3) is 0.333. The first-order chi connectivity index (χ1) is 6.65. The third-order valence-electron chi connectivity index (χ3n) is 1.39. The molecule has 5 heteroatoms. The van der Waals surface area contributed by atoms with E-state index >= 15 is 0 Å². The number of carbonyl (C=O) groups is 1. The molecule has 0 radical (unpaired) electrons. The topological polar surface area (TPSA) is 93.5 Å². The number of carbonyl (C=O) groups excluding carboxylic acids is 1. The number of amides is 1. The number of nitrogens with two attached hydrogens (primary N) is 2. The average molecular weight is 196 g/mol. The molecular formula is C9H16N4O. The van der Waals surface area contributed by atoms with Crippen molar-refractivity contribution in [2.45, 2.75) is 13.3 Å². The molecule has 0 rings (SSSR count). The molecule has 0 aliphatic carbocycles. The third-order valence-corrected chi connectivity index (χ3v) is 1.39. The van der Waals surface area contributed by atoms with Crippen molar-refractivity contribution in [3.63, 3.8) is 0 Å². The lowest BCUT2D eigenvalue weighted by Gasteiger charge is -2.06. The van der Waals surface area contributed by atoms with Gasteiger partial charge in [-0.25, -0.2) is 4.99 Å². The Morgan fingerprint density at radius 2 is 2.29 bits per heavy atom. The zero-order valence-electron chi connectivity index (χ0n) is 8.29. The summed E-state index contributed by atoms with van der Waals surface area (Å²) in [4.78, 5) is 15.0. The molecule has 1 amide bonds. The van der Waals surface area contributed by atoms with Crippen LogP contribution in [0.1, 0.15) is 13.3 Å². The van der Waals surface area contributed by atoms with E-state index in [9.17, 15) is 4.79 Å². The first-order valence-electron chi connectivity index (χ1n) is 4.26. The number of nitrogens with zero attached hydrogens (tertiary/aromatic N) is 1. The molecule has 0 bridgehead atoms. The fourth-order valence-corrected chi connectivity index (χ4v) is 0.772. The Morgan fingerprint density at radius 1 is 1.64 bits per heavy atom. The van der Waals surface area contributed by atoms with Crippen LogP contribution in [0.4, 0.5) is 0 Å². The molecule has 0 aliphatic heterocycles. The average Bonchev–Trinajstić information content (AvgIpc) is 2.15. The van der Waals surface area contributed by atoms with Crippen molar-refractivity contribution in [3.05, 3.63) is 24.2 Å². The number of nitrogens with one attached hydrogen (secondary N) is 1. The minimum atomic E-state index is -0.198. The molecular weight excluding hydrogens is 180 g/mol. The second kappa shape index (κ2) is 6.85. The van der Waals surface area contributed by atoms with Gasteiger partial charge in [0.25, 0.3) is 0 Å². The Morgan fingerprint density at radius 3 is 2.71 bits per heavy atom. The van der Waals surface area contributed by atoms with Crippen molar-refractivity contribution >= 4 is 12.1 Å². The number of hydrogen-bond acceptors (Lipinski definition) is 4. The number of rotatable bonds is 5. The molecule has 0 saturated carbocycles. The van der Waals surface area contributed by atoms with Crippen LogP contribution in [0.3, 0.4) is 0 Å². The van der Waals surface area contributed by atoms with Crippen molar-refractivity contribution in [1.29, 1.82) is 0 Å². The normalized spacial score (nSPS) is 12.4. The third kappa shape index (κ3) is 4.42. The Balaban J connectivity index is 4.50. The molecule has 0 saturated heterocycles. The first-order valence-corrected chi connectivity index (χ1v) is 4.26. The van der Waals surface area contributed by atoms with Crippen LogP contribution in [0.15, 0.2) is 29.2 Å². The van der Waals surface area contributed by atoms with Crippen LogP contribution in [0.2, 0.25) is 0 Å². The Labute approximate surface area is 83.6 Å². The fourth-order valence-electron chi connectivity index (χ4n) is 0.772. The van der Waals surface area contributed by atoms with E-state index in [4.69, 9.17) is 11.5 Å². The predicted molar refractivity (Wildman–Crippen MR) is 57.4 cm³/mol. The summed E-state index contributed by atoms with van der Waals surface area (Å²) in [5, 5.41) is 2.56. The van der Waals surface area contributed by atoms with Crippen molar-refractivity contribution < 1.29 is 4.79 Å². The number of aliphatic imine (C=N–C) groups is 1. The van der Waals surface area contributed by atoms with E-state index in [0.717, 1.165) is 0 Å². The van der Waals surface area contributed by atoms with E-state index in [-0.39, 0.29) is 18.1 Å². The van der Waals surface area contributed by atoms with Gasteiger partial charge in [-0.3, -0.25) is 4.79 Å². The van der Waals surface area contributed by atoms with E-state index in [1.807, 2.05) is 0 Å². The monoisotopic (exact) mass is 196 g/mol. The van der Waals surface area contributed by atoms with Gasteiger partial charge in [-0.15, -0.1) is 0 Å². The molecule has 0 fully saturated rings. The largest absolute Gasteiger partial charge is 0.382 e. The molecule has 78 valence electrons. The second-order valence-corrected chi connectivity index (χ2v) is 2.48. The zero-order chi connectivity index (χ0) is 11.0. The van der Waals surface area contributed by atoms with Gasteiger partial charge in [-0.05, 0) is 13.0 Å². The molecule has 0 aromatic heterocycles. The van der Waals surface area contributed by atoms with Gasteiger partial charge in [-0.1, -0.05) is 6.58 Å². The van der Waals surface area contributed by atoms with Gasteiger partial charge in [0, 0.05) is 19.2 Å². The minimum absolute atomic E-state index is 0.198. The van der Waals surface area contributed by atoms with Gasteiger partial charge in [0.05, 0.1) is 5.70 Å². The first kappa shape index (κ1) is 12.4. The maximum absolute atomic E-state index is 11.1. The van der Waals surface area contributed by atoms with Crippen molar-refractivity contribution in [2.24, 2.45) is 16.5 Å². The summed E-state index contributed by atoms with van der Waals surface area (Å²) in [6.45, 7) is 5.55. The lowest BCUT2D eigenvalue weighted by atomic mass is 10.3. The van der Waals surface area contributed by atoms with Crippen molar-refractivity contribution in [3.8, 4) is 0 Å². The molecule has 0 spiro atoms. The van der Waals surface area contributed by atoms with Gasteiger partial charge in [0.15, 0.2) is 0 Å². The lowest BCUT2D eigenvalue weighted by molar-refractivity contribution is -0.120. The zero-order valence-corrected chi connectivity index (χ0v) is 8.29. The standard InChI is InChI=1S/C9H16N4O/c1-3-7(9(11)12-4-2)13-8(14)5-6-10/h3-4H,1,5-6,10-11H2,2H3,(H,13,14)/b9-7+,12-4?. The smallest absolute Gasteiger partial charge is 0.225 e. The molecule has 0 heterocycles. The van der Waals surface area contributed by atoms with Crippen LogP contribution in [-0.2, 0) is 4.79 Å². The summed E-state index contributed by atoms with van der Waals surface area (Å²) >= 11 is 0. The number of hydrogen-bond donors (Lipinski definition) is 3. The summed E-state index contributed by atoms with van der Waals surface area (Å²) in [6, 6.07) is 0. The molecule has 5 N–H and O–H groups in total. The Hall–Kier alpha value is -1.62. The van der Waals surface area contributed by atoms with Gasteiger partial charge >= 0.3 is 0 Å². The Bertz CT molecular complexity index is 268. The Kier molecular flexibility index (Phi) is 6.06. The van der Waals surface area contributed by atoms with Crippen molar-refractivity contribution in [1.82, 2.24) is 5.32 Å². The van der Waals surface area contributed by atoms with Crippen LogP contribution in [0.25, 0.3) is 0 Å². The summed E-state index contributed by atoms with van der Waals surface area (Å²) in [6.07, 6.45) is 3.23. The van der Waals surface area contributed by atoms with Gasteiger partial charge in [-0.2, -0.15) is 0 Å². The highest BCUT2D eigenvalue weighted by Gasteiger charge is 2.03. The summed E-state index contributed by atoms with van der Waals surface area (Å²) in [5.74, 6) is 0.0320. The van der Waals surface area contributed by atoms with E-state index in [1.165, 1.54) is 12.3 Å². The molecule has 0 unspecified atom stereocenters. The van der Waals surface area contributed by atoms with Crippen LogP contribution in [-0.4, -0.2) is 18.7 Å². The molecule has 0 aliphatic rings. The maximum Gasteiger partial charge on any atom is 0.225 e.